The molecule has 0 aliphatic heterocycles. The number of rotatable bonds is 5. The number of hydrogen-bond acceptors (Lipinski definition) is 4. The summed E-state index contributed by atoms with van der Waals surface area (Å²) in [4.78, 5) is 15.5. The monoisotopic (exact) mass is 306 g/mol. The number of aromatic nitrogens is 2. The highest BCUT2D eigenvalue weighted by Crippen LogP contribution is 2.44. The number of para-hydroxylation sites is 1. The van der Waals surface area contributed by atoms with Crippen LogP contribution in [0.2, 0.25) is 0 Å². The maximum Gasteiger partial charge on any atom is 0.313 e. The Balaban J connectivity index is 2.15. The SMILES string of the molecule is COc1cccc2c1nc(SCC(=O)O)n2C1(C)CCC1. The van der Waals surface area contributed by atoms with E-state index in [0.29, 0.717) is 0 Å². The van der Waals surface area contributed by atoms with Gasteiger partial charge in [-0.1, -0.05) is 17.8 Å². The Kier molecular flexibility index (Phi) is 3.57. The van der Waals surface area contributed by atoms with E-state index in [4.69, 9.17) is 9.84 Å². The summed E-state index contributed by atoms with van der Waals surface area (Å²) >= 11 is 1.27. The van der Waals surface area contributed by atoms with Gasteiger partial charge in [0.1, 0.15) is 11.3 Å². The van der Waals surface area contributed by atoms with Crippen LogP contribution < -0.4 is 4.74 Å². The minimum atomic E-state index is -0.829. The fourth-order valence-electron chi connectivity index (χ4n) is 2.87. The van der Waals surface area contributed by atoms with Crippen LogP contribution in [0, 0.1) is 0 Å². The molecule has 1 saturated carbocycles. The number of carboxylic acids is 1. The van der Waals surface area contributed by atoms with E-state index < -0.39 is 5.97 Å². The Labute approximate surface area is 127 Å². The second kappa shape index (κ2) is 5.26. The molecule has 1 heterocycles. The van der Waals surface area contributed by atoms with E-state index in [1.54, 1.807) is 7.11 Å². The molecule has 1 aromatic heterocycles. The molecule has 21 heavy (non-hydrogen) atoms. The van der Waals surface area contributed by atoms with Crippen molar-refractivity contribution >= 4 is 28.8 Å². The van der Waals surface area contributed by atoms with Gasteiger partial charge in [-0.15, -0.1) is 0 Å². The number of fused-ring (bicyclic) bond motifs is 1. The molecule has 1 N–H and O–H groups in total. The zero-order chi connectivity index (χ0) is 15.0. The Morgan fingerprint density at radius 3 is 2.86 bits per heavy atom. The largest absolute Gasteiger partial charge is 0.494 e. The molecule has 0 atom stereocenters. The maximum absolute atomic E-state index is 10.9. The topological polar surface area (TPSA) is 64.3 Å². The zero-order valence-corrected chi connectivity index (χ0v) is 12.9. The Morgan fingerprint density at radius 2 is 2.29 bits per heavy atom. The number of methoxy groups -OCH3 is 1. The number of thioether (sulfide) groups is 1. The molecule has 2 aromatic rings. The molecule has 1 aromatic carbocycles. The van der Waals surface area contributed by atoms with Gasteiger partial charge in [0.15, 0.2) is 5.16 Å². The van der Waals surface area contributed by atoms with Gasteiger partial charge in [-0.25, -0.2) is 4.98 Å². The van der Waals surface area contributed by atoms with Crippen molar-refractivity contribution in [2.75, 3.05) is 12.9 Å². The zero-order valence-electron chi connectivity index (χ0n) is 12.1. The molecule has 112 valence electrons. The summed E-state index contributed by atoms with van der Waals surface area (Å²) < 4.78 is 7.58. The molecule has 1 aliphatic rings. The summed E-state index contributed by atoms with van der Waals surface area (Å²) in [5.41, 5.74) is 1.85. The quantitative estimate of drug-likeness (QED) is 0.860. The number of hydrogen-bond donors (Lipinski definition) is 1. The molecule has 6 heteroatoms. The van der Waals surface area contributed by atoms with Crippen molar-refractivity contribution in [3.8, 4) is 5.75 Å². The first kappa shape index (κ1) is 14.3. The van der Waals surface area contributed by atoms with Crippen molar-refractivity contribution in [3.63, 3.8) is 0 Å². The van der Waals surface area contributed by atoms with Crippen LogP contribution in [0.4, 0.5) is 0 Å². The number of carbonyl (C=O) groups is 1. The van der Waals surface area contributed by atoms with Gasteiger partial charge in [0, 0.05) is 5.54 Å². The van der Waals surface area contributed by atoms with Crippen molar-refractivity contribution in [1.29, 1.82) is 0 Å². The van der Waals surface area contributed by atoms with Gasteiger partial charge >= 0.3 is 5.97 Å². The molecule has 0 bridgehead atoms. The minimum Gasteiger partial charge on any atom is -0.494 e. The van der Waals surface area contributed by atoms with Gasteiger partial charge < -0.3 is 14.4 Å². The lowest BCUT2D eigenvalue weighted by atomic mass is 9.78. The van der Waals surface area contributed by atoms with Crippen LogP contribution in [0.5, 0.6) is 5.75 Å². The second-order valence-corrected chi connectivity index (χ2v) is 6.53. The third-order valence-electron chi connectivity index (χ3n) is 4.13. The fourth-order valence-corrected chi connectivity index (χ4v) is 3.73. The summed E-state index contributed by atoms with van der Waals surface area (Å²) in [6, 6.07) is 5.86. The lowest BCUT2D eigenvalue weighted by molar-refractivity contribution is -0.133. The highest BCUT2D eigenvalue weighted by molar-refractivity contribution is 7.99. The Bertz CT molecular complexity index is 692. The molecule has 0 amide bonds. The van der Waals surface area contributed by atoms with Crippen molar-refractivity contribution in [3.05, 3.63) is 18.2 Å². The number of ether oxygens (including phenoxy) is 1. The number of benzene rings is 1. The van der Waals surface area contributed by atoms with Gasteiger partial charge in [0.2, 0.25) is 0 Å². The number of carboxylic acid groups (broad SMARTS) is 1. The van der Waals surface area contributed by atoms with E-state index in [-0.39, 0.29) is 11.3 Å². The van der Waals surface area contributed by atoms with Crippen LogP contribution in [-0.4, -0.2) is 33.5 Å². The summed E-state index contributed by atoms with van der Waals surface area (Å²) in [6.45, 7) is 2.21. The lowest BCUT2D eigenvalue weighted by Crippen LogP contribution is -2.37. The highest BCUT2D eigenvalue weighted by Gasteiger charge is 2.37. The number of aliphatic carboxylic acids is 1. The normalized spacial score (nSPS) is 16.7. The number of nitrogens with zero attached hydrogens (tertiary/aromatic N) is 2. The molecule has 0 spiro atoms. The standard InChI is InChI=1S/C15H18N2O3S/c1-15(7-4-8-15)17-10-5-3-6-11(20-2)13(10)16-14(17)21-9-12(18)19/h3,5-6H,4,7-9H2,1-2H3,(H,18,19). The van der Waals surface area contributed by atoms with Gasteiger partial charge in [-0.2, -0.15) is 0 Å². The predicted molar refractivity (Wildman–Crippen MR) is 82.1 cm³/mol. The molecule has 3 rings (SSSR count). The van der Waals surface area contributed by atoms with Gasteiger partial charge in [-0.3, -0.25) is 4.79 Å². The van der Waals surface area contributed by atoms with Crippen LogP contribution in [0.15, 0.2) is 23.4 Å². The molecular formula is C15H18N2O3S. The lowest BCUT2D eigenvalue weighted by Gasteiger charge is -2.41. The Hall–Kier alpha value is -1.69. The van der Waals surface area contributed by atoms with Gasteiger partial charge in [0.25, 0.3) is 0 Å². The molecule has 0 unspecified atom stereocenters. The maximum atomic E-state index is 10.9. The van der Waals surface area contributed by atoms with Gasteiger partial charge in [0.05, 0.1) is 18.4 Å². The third kappa shape index (κ3) is 2.37. The van der Waals surface area contributed by atoms with Crippen molar-refractivity contribution in [1.82, 2.24) is 9.55 Å². The van der Waals surface area contributed by atoms with Crippen LogP contribution >= 0.6 is 11.8 Å². The molecule has 0 saturated heterocycles. The van der Waals surface area contributed by atoms with Crippen LogP contribution in [0.3, 0.4) is 0 Å². The van der Waals surface area contributed by atoms with E-state index in [2.05, 4.69) is 16.5 Å². The Morgan fingerprint density at radius 1 is 1.52 bits per heavy atom. The van der Waals surface area contributed by atoms with Crippen LogP contribution in [-0.2, 0) is 10.3 Å². The third-order valence-corrected chi connectivity index (χ3v) is 5.06. The van der Waals surface area contributed by atoms with E-state index in [9.17, 15) is 4.79 Å². The summed E-state index contributed by atoms with van der Waals surface area (Å²) in [5.74, 6) is -0.0856. The smallest absolute Gasteiger partial charge is 0.313 e. The van der Waals surface area contributed by atoms with Crippen molar-refractivity contribution in [2.45, 2.75) is 36.9 Å². The molecule has 0 radical (unpaired) electrons. The number of imidazole rings is 1. The summed E-state index contributed by atoms with van der Waals surface area (Å²) in [7, 11) is 1.63. The van der Waals surface area contributed by atoms with E-state index in [0.717, 1.165) is 34.8 Å². The second-order valence-electron chi connectivity index (χ2n) is 5.59. The average Bonchev–Trinajstić information content (AvgIpc) is 2.81. The first-order chi connectivity index (χ1) is 10.0. The average molecular weight is 306 g/mol. The van der Waals surface area contributed by atoms with Crippen LogP contribution in [0.1, 0.15) is 26.2 Å². The summed E-state index contributed by atoms with van der Waals surface area (Å²) in [5, 5.41) is 9.70. The van der Waals surface area contributed by atoms with Crippen molar-refractivity contribution in [2.24, 2.45) is 0 Å². The minimum absolute atomic E-state index is 0.0156. The predicted octanol–water partition coefficient (Wildman–Crippen LogP) is 3.12. The first-order valence-corrected chi connectivity index (χ1v) is 7.94. The molecule has 1 fully saturated rings. The van der Waals surface area contributed by atoms with E-state index in [1.165, 1.54) is 18.2 Å². The van der Waals surface area contributed by atoms with Gasteiger partial charge in [-0.05, 0) is 38.3 Å². The molecular weight excluding hydrogens is 288 g/mol. The van der Waals surface area contributed by atoms with Crippen molar-refractivity contribution < 1.29 is 14.6 Å². The van der Waals surface area contributed by atoms with E-state index in [1.807, 2.05) is 18.2 Å². The van der Waals surface area contributed by atoms with E-state index >= 15 is 0 Å². The highest BCUT2D eigenvalue weighted by atomic mass is 32.2. The fraction of sp³-hybridized carbons (Fsp3) is 0.467. The van der Waals surface area contributed by atoms with Crippen LogP contribution in [0.25, 0.3) is 11.0 Å². The first-order valence-electron chi connectivity index (χ1n) is 6.96. The molecule has 1 aliphatic carbocycles. The molecule has 5 nitrogen and oxygen atoms in total. The summed E-state index contributed by atoms with van der Waals surface area (Å²) in [6.07, 6.45) is 3.38.